The zero-order valence-corrected chi connectivity index (χ0v) is 21.9. The zero-order chi connectivity index (χ0) is 27.3. The first-order valence-corrected chi connectivity index (χ1v) is 12.7. The molecule has 212 valence electrons. The van der Waals surface area contributed by atoms with Gasteiger partial charge in [-0.25, -0.2) is 4.79 Å². The Kier molecular flexibility index (Phi) is 17.9. The molecule has 0 aromatic heterocycles. The number of ether oxygens (including phenoxy) is 4. The molecule has 1 fully saturated rings. The van der Waals surface area contributed by atoms with Gasteiger partial charge in [-0.05, 0) is 32.1 Å². The SMILES string of the molecule is COCCOCCCC(=O)NCCCCC(NC(=O)CCCOCCOC)C(=O)ON1C(=O)CCC1=O. The van der Waals surface area contributed by atoms with Crippen LogP contribution in [0, 0.1) is 0 Å². The number of hydroxylamine groups is 2. The van der Waals surface area contributed by atoms with E-state index in [1.165, 1.54) is 0 Å². The van der Waals surface area contributed by atoms with Gasteiger partial charge < -0.3 is 34.4 Å². The van der Waals surface area contributed by atoms with Gasteiger partial charge in [-0.2, -0.15) is 0 Å². The Balaban J connectivity index is 2.40. The van der Waals surface area contributed by atoms with Crippen LogP contribution in [0.15, 0.2) is 0 Å². The fourth-order valence-corrected chi connectivity index (χ4v) is 3.27. The number of carbonyl (C=O) groups excluding carboxylic acids is 5. The van der Waals surface area contributed by atoms with E-state index in [2.05, 4.69) is 10.6 Å². The van der Waals surface area contributed by atoms with E-state index in [0.717, 1.165) is 0 Å². The van der Waals surface area contributed by atoms with E-state index in [4.69, 9.17) is 23.8 Å². The molecule has 4 amide bonds. The maximum atomic E-state index is 12.6. The first-order valence-electron chi connectivity index (χ1n) is 12.7. The molecular formula is C24H41N3O10. The van der Waals surface area contributed by atoms with Gasteiger partial charge in [-0.15, -0.1) is 5.06 Å². The average Bonchev–Trinajstić information content (AvgIpc) is 3.19. The number of hydrogen-bond donors (Lipinski definition) is 2. The Labute approximate surface area is 217 Å². The molecule has 13 nitrogen and oxygen atoms in total. The number of hydrogen-bond acceptors (Lipinski definition) is 10. The van der Waals surface area contributed by atoms with Crippen molar-refractivity contribution in [1.29, 1.82) is 0 Å². The highest BCUT2D eigenvalue weighted by atomic mass is 16.7. The van der Waals surface area contributed by atoms with Gasteiger partial charge in [0, 0.05) is 59.7 Å². The van der Waals surface area contributed by atoms with Crippen LogP contribution in [0.4, 0.5) is 0 Å². The number of nitrogens with one attached hydrogen (secondary N) is 2. The van der Waals surface area contributed by atoms with Gasteiger partial charge in [0.05, 0.1) is 26.4 Å². The van der Waals surface area contributed by atoms with Crippen LogP contribution in [0.1, 0.15) is 57.8 Å². The number of amides is 4. The maximum absolute atomic E-state index is 12.6. The summed E-state index contributed by atoms with van der Waals surface area (Å²) in [5.41, 5.74) is 0. The van der Waals surface area contributed by atoms with Crippen LogP contribution in [0.5, 0.6) is 0 Å². The van der Waals surface area contributed by atoms with Crippen molar-refractivity contribution in [2.24, 2.45) is 0 Å². The summed E-state index contributed by atoms with van der Waals surface area (Å²) in [6.45, 7) is 3.11. The van der Waals surface area contributed by atoms with Gasteiger partial charge in [0.25, 0.3) is 11.8 Å². The largest absolute Gasteiger partial charge is 0.382 e. The van der Waals surface area contributed by atoms with Crippen LogP contribution in [-0.2, 0) is 47.8 Å². The number of rotatable bonds is 22. The lowest BCUT2D eigenvalue weighted by Gasteiger charge is -2.20. The molecule has 0 bridgehead atoms. The number of nitrogens with zero attached hydrogens (tertiary/aromatic N) is 1. The Morgan fingerprint density at radius 1 is 0.784 bits per heavy atom. The molecule has 37 heavy (non-hydrogen) atoms. The summed E-state index contributed by atoms with van der Waals surface area (Å²) in [7, 11) is 3.16. The van der Waals surface area contributed by atoms with Gasteiger partial charge in [0.1, 0.15) is 6.04 Å². The summed E-state index contributed by atoms with van der Waals surface area (Å²) in [5.74, 6) is -2.55. The first-order chi connectivity index (χ1) is 17.9. The summed E-state index contributed by atoms with van der Waals surface area (Å²) in [5, 5.41) is 5.89. The van der Waals surface area contributed by atoms with Crippen molar-refractivity contribution in [1.82, 2.24) is 15.7 Å². The second-order valence-corrected chi connectivity index (χ2v) is 8.38. The Hall–Kier alpha value is -2.61. The van der Waals surface area contributed by atoms with Crippen molar-refractivity contribution in [3.63, 3.8) is 0 Å². The van der Waals surface area contributed by atoms with E-state index < -0.39 is 23.8 Å². The Bertz CT molecular complexity index is 703. The molecule has 1 rings (SSSR count). The lowest BCUT2D eigenvalue weighted by atomic mass is 10.1. The van der Waals surface area contributed by atoms with Crippen molar-refractivity contribution in [2.45, 2.75) is 63.8 Å². The molecule has 0 aromatic carbocycles. The molecule has 1 atom stereocenters. The summed E-state index contributed by atoms with van der Waals surface area (Å²) in [6.07, 6.45) is 2.73. The average molecular weight is 532 g/mol. The third kappa shape index (κ3) is 15.3. The summed E-state index contributed by atoms with van der Waals surface area (Å²) in [6, 6.07) is -1.04. The molecule has 2 N–H and O–H groups in total. The van der Waals surface area contributed by atoms with Crippen molar-refractivity contribution < 1.29 is 47.8 Å². The minimum absolute atomic E-state index is 0.0226. The molecule has 0 saturated carbocycles. The number of imide groups is 1. The van der Waals surface area contributed by atoms with E-state index in [-0.39, 0.29) is 37.5 Å². The molecule has 0 aliphatic carbocycles. The van der Waals surface area contributed by atoms with Crippen molar-refractivity contribution in [3.05, 3.63) is 0 Å². The monoisotopic (exact) mass is 531 g/mol. The second-order valence-electron chi connectivity index (χ2n) is 8.38. The number of carbonyl (C=O) groups is 5. The molecule has 0 aromatic rings. The van der Waals surface area contributed by atoms with Crippen LogP contribution in [-0.4, -0.2) is 101 Å². The lowest BCUT2D eigenvalue weighted by molar-refractivity contribution is -0.199. The fourth-order valence-electron chi connectivity index (χ4n) is 3.27. The summed E-state index contributed by atoms with van der Waals surface area (Å²) in [4.78, 5) is 65.5. The first kappa shape index (κ1) is 32.4. The van der Waals surface area contributed by atoms with E-state index in [1.54, 1.807) is 14.2 Å². The Morgan fingerprint density at radius 2 is 1.35 bits per heavy atom. The predicted molar refractivity (Wildman–Crippen MR) is 130 cm³/mol. The molecule has 0 spiro atoms. The van der Waals surface area contributed by atoms with Gasteiger partial charge in [0.15, 0.2) is 0 Å². The minimum Gasteiger partial charge on any atom is -0.382 e. The molecule has 13 heteroatoms. The quantitative estimate of drug-likeness (QED) is 0.146. The molecule has 1 aliphatic rings. The molecule has 1 aliphatic heterocycles. The number of unbranched alkanes of at least 4 members (excludes halogenated alkanes) is 1. The van der Waals surface area contributed by atoms with Gasteiger partial charge in [-0.3, -0.25) is 19.2 Å². The van der Waals surface area contributed by atoms with Gasteiger partial charge in [0.2, 0.25) is 11.8 Å². The van der Waals surface area contributed by atoms with Crippen LogP contribution >= 0.6 is 0 Å². The zero-order valence-electron chi connectivity index (χ0n) is 21.9. The molecule has 0 radical (unpaired) electrons. The highest BCUT2D eigenvalue weighted by Crippen LogP contribution is 2.14. The predicted octanol–water partition coefficient (Wildman–Crippen LogP) is 0.251. The maximum Gasteiger partial charge on any atom is 0.355 e. The van der Waals surface area contributed by atoms with Gasteiger partial charge in [-0.1, -0.05) is 0 Å². The highest BCUT2D eigenvalue weighted by molar-refractivity contribution is 6.01. The standard InChI is InChI=1S/C24H41N3O10/c1-33-15-17-35-13-5-8-20(28)25-12-4-3-7-19(24(32)37-27-22(30)10-11-23(27)31)26-21(29)9-6-14-36-18-16-34-2/h19H,3-18H2,1-2H3,(H,25,28)(H,26,29). The van der Waals surface area contributed by atoms with Gasteiger partial charge >= 0.3 is 5.97 Å². The topological polar surface area (TPSA) is 159 Å². The second kappa shape index (κ2) is 20.4. The summed E-state index contributed by atoms with van der Waals surface area (Å²) >= 11 is 0. The molecular weight excluding hydrogens is 490 g/mol. The van der Waals surface area contributed by atoms with E-state index in [0.29, 0.717) is 83.4 Å². The number of methoxy groups -OCH3 is 2. The van der Waals surface area contributed by atoms with Crippen LogP contribution in [0.25, 0.3) is 0 Å². The third-order valence-electron chi connectivity index (χ3n) is 5.30. The van der Waals surface area contributed by atoms with E-state index >= 15 is 0 Å². The highest BCUT2D eigenvalue weighted by Gasteiger charge is 2.35. The third-order valence-corrected chi connectivity index (χ3v) is 5.30. The summed E-state index contributed by atoms with van der Waals surface area (Å²) < 4.78 is 20.4. The Morgan fingerprint density at radius 3 is 1.92 bits per heavy atom. The molecule has 1 heterocycles. The normalized spacial score (nSPS) is 14.1. The molecule has 1 saturated heterocycles. The van der Waals surface area contributed by atoms with Crippen LogP contribution in [0.2, 0.25) is 0 Å². The van der Waals surface area contributed by atoms with E-state index in [9.17, 15) is 24.0 Å². The van der Waals surface area contributed by atoms with Crippen LogP contribution in [0.3, 0.4) is 0 Å². The minimum atomic E-state index is -1.04. The fraction of sp³-hybridized carbons (Fsp3) is 0.792. The lowest BCUT2D eigenvalue weighted by Crippen LogP contribution is -2.45. The smallest absolute Gasteiger partial charge is 0.355 e. The van der Waals surface area contributed by atoms with Crippen molar-refractivity contribution in [3.8, 4) is 0 Å². The van der Waals surface area contributed by atoms with Crippen LogP contribution < -0.4 is 10.6 Å². The van der Waals surface area contributed by atoms with E-state index in [1.807, 2.05) is 0 Å². The van der Waals surface area contributed by atoms with Crippen molar-refractivity contribution >= 4 is 29.6 Å². The van der Waals surface area contributed by atoms with Crippen molar-refractivity contribution in [2.75, 3.05) is 60.4 Å². The molecule has 1 unspecified atom stereocenters.